The molecule has 0 aromatic heterocycles. The van der Waals surface area contributed by atoms with Crippen molar-refractivity contribution in [2.45, 2.75) is 99.8 Å². The van der Waals surface area contributed by atoms with Gasteiger partial charge in [-0.15, -0.1) is 0 Å². The summed E-state index contributed by atoms with van der Waals surface area (Å²) in [5, 5.41) is 0. The van der Waals surface area contributed by atoms with Gasteiger partial charge in [-0.1, -0.05) is 121 Å². The molecule has 0 saturated carbocycles. The van der Waals surface area contributed by atoms with Crippen LogP contribution < -0.4 is 0 Å². The van der Waals surface area contributed by atoms with Gasteiger partial charge in [0.2, 0.25) is 0 Å². The second-order valence-electron chi connectivity index (χ2n) is 9.67. The SMILES string of the molecule is CCC(C)(C)CC.CCCC(CCC)=C1c2ccccc2CCc2cc(C)ccc21. The largest absolute Gasteiger partial charge is 0.0651 e. The molecule has 30 heavy (non-hydrogen) atoms. The van der Waals surface area contributed by atoms with E-state index in [2.05, 4.69) is 90.9 Å². The summed E-state index contributed by atoms with van der Waals surface area (Å²) in [5.41, 5.74) is 11.2. The van der Waals surface area contributed by atoms with Gasteiger partial charge in [0.1, 0.15) is 0 Å². The van der Waals surface area contributed by atoms with E-state index in [1.54, 1.807) is 5.57 Å². The van der Waals surface area contributed by atoms with E-state index in [0.29, 0.717) is 5.41 Å². The average Bonchev–Trinajstić information content (AvgIpc) is 2.90. The van der Waals surface area contributed by atoms with Crippen LogP contribution in [0.25, 0.3) is 5.57 Å². The smallest absolute Gasteiger partial charge is 0.0114 e. The quantitative estimate of drug-likeness (QED) is 0.450. The molecule has 3 rings (SSSR count). The third kappa shape index (κ3) is 6.34. The van der Waals surface area contributed by atoms with Crippen LogP contribution in [0.4, 0.5) is 0 Å². The molecule has 0 heterocycles. The lowest BCUT2D eigenvalue weighted by Gasteiger charge is -2.18. The first-order chi connectivity index (χ1) is 14.4. The highest BCUT2D eigenvalue weighted by atomic mass is 14.2. The second-order valence-corrected chi connectivity index (χ2v) is 9.67. The minimum absolute atomic E-state index is 0.583. The van der Waals surface area contributed by atoms with Crippen LogP contribution in [0.5, 0.6) is 0 Å². The predicted octanol–water partition coefficient (Wildman–Crippen LogP) is 9.33. The van der Waals surface area contributed by atoms with Gasteiger partial charge in [-0.3, -0.25) is 0 Å². The molecule has 0 saturated heterocycles. The van der Waals surface area contributed by atoms with Crippen molar-refractivity contribution in [1.82, 2.24) is 0 Å². The van der Waals surface area contributed by atoms with Crippen LogP contribution in [0.1, 0.15) is 108 Å². The normalized spacial score (nSPS) is 13.0. The van der Waals surface area contributed by atoms with E-state index >= 15 is 0 Å². The molecule has 0 N–H and O–H groups in total. The molecule has 0 unspecified atom stereocenters. The molecular formula is C30H44. The monoisotopic (exact) mass is 404 g/mol. The number of hydrogen-bond acceptors (Lipinski definition) is 0. The Morgan fingerprint density at radius 2 is 1.33 bits per heavy atom. The zero-order chi connectivity index (χ0) is 22.1. The Bertz CT molecular complexity index is 821. The molecule has 0 radical (unpaired) electrons. The fraction of sp³-hybridized carbons (Fsp3) is 0.533. The second kappa shape index (κ2) is 11.5. The fourth-order valence-electron chi connectivity index (χ4n) is 4.18. The lowest BCUT2D eigenvalue weighted by atomic mass is 9.86. The first-order valence-electron chi connectivity index (χ1n) is 12.3. The van der Waals surface area contributed by atoms with E-state index in [4.69, 9.17) is 0 Å². The third-order valence-corrected chi connectivity index (χ3v) is 6.85. The highest BCUT2D eigenvalue weighted by molar-refractivity contribution is 5.86. The maximum atomic E-state index is 2.40. The molecule has 0 aliphatic heterocycles. The molecule has 0 nitrogen and oxygen atoms in total. The van der Waals surface area contributed by atoms with E-state index in [-0.39, 0.29) is 0 Å². The topological polar surface area (TPSA) is 0 Å². The van der Waals surface area contributed by atoms with Crippen molar-refractivity contribution < 1.29 is 0 Å². The third-order valence-electron chi connectivity index (χ3n) is 6.85. The number of allylic oxidation sites excluding steroid dienone is 1. The minimum atomic E-state index is 0.583. The molecule has 2 aromatic rings. The summed E-state index contributed by atoms with van der Waals surface area (Å²) in [7, 11) is 0. The fourth-order valence-corrected chi connectivity index (χ4v) is 4.18. The molecule has 164 valence electrons. The summed E-state index contributed by atoms with van der Waals surface area (Å²) in [6.07, 6.45) is 9.78. The zero-order valence-electron chi connectivity index (χ0n) is 20.7. The molecule has 0 spiro atoms. The van der Waals surface area contributed by atoms with Crippen molar-refractivity contribution in [1.29, 1.82) is 0 Å². The molecule has 1 aliphatic carbocycles. The van der Waals surface area contributed by atoms with E-state index in [9.17, 15) is 0 Å². The molecule has 2 aromatic carbocycles. The molecule has 0 bridgehead atoms. The highest BCUT2D eigenvalue weighted by Gasteiger charge is 2.20. The number of hydrogen-bond donors (Lipinski definition) is 0. The molecule has 0 atom stereocenters. The number of fused-ring (bicyclic) bond motifs is 2. The van der Waals surface area contributed by atoms with Crippen molar-refractivity contribution in [2.24, 2.45) is 5.41 Å². The Hall–Kier alpha value is -1.82. The summed E-state index contributed by atoms with van der Waals surface area (Å²) in [6.45, 7) is 15.9. The van der Waals surface area contributed by atoms with Crippen LogP contribution in [-0.4, -0.2) is 0 Å². The van der Waals surface area contributed by atoms with Crippen molar-refractivity contribution in [3.05, 3.63) is 75.9 Å². The minimum Gasteiger partial charge on any atom is -0.0651 e. The van der Waals surface area contributed by atoms with Crippen molar-refractivity contribution in [3.63, 3.8) is 0 Å². The lowest BCUT2D eigenvalue weighted by molar-refractivity contribution is 0.338. The van der Waals surface area contributed by atoms with Crippen LogP contribution >= 0.6 is 0 Å². The Labute approximate surface area is 186 Å². The Kier molecular flexibility index (Phi) is 9.40. The van der Waals surface area contributed by atoms with Gasteiger partial charge in [-0.2, -0.15) is 0 Å². The lowest BCUT2D eigenvalue weighted by Crippen LogP contribution is -2.05. The van der Waals surface area contributed by atoms with Gasteiger partial charge in [-0.05, 0) is 65.8 Å². The van der Waals surface area contributed by atoms with Gasteiger partial charge in [0.25, 0.3) is 0 Å². The first kappa shape index (κ1) is 24.4. The maximum Gasteiger partial charge on any atom is -0.0114 e. The van der Waals surface area contributed by atoms with E-state index in [1.807, 2.05) is 0 Å². The Morgan fingerprint density at radius 3 is 1.90 bits per heavy atom. The average molecular weight is 405 g/mol. The van der Waals surface area contributed by atoms with E-state index < -0.39 is 0 Å². The van der Waals surface area contributed by atoms with E-state index in [1.165, 1.54) is 71.9 Å². The maximum absolute atomic E-state index is 2.40. The number of benzene rings is 2. The van der Waals surface area contributed by atoms with Gasteiger partial charge in [0.15, 0.2) is 0 Å². The summed E-state index contributed by atoms with van der Waals surface area (Å²) < 4.78 is 0. The molecule has 0 fully saturated rings. The first-order valence-corrected chi connectivity index (χ1v) is 12.3. The number of rotatable bonds is 6. The van der Waals surface area contributed by atoms with Gasteiger partial charge in [0, 0.05) is 0 Å². The van der Waals surface area contributed by atoms with Crippen LogP contribution in [0.3, 0.4) is 0 Å². The Balaban J connectivity index is 0.000000396. The summed E-state index contributed by atoms with van der Waals surface area (Å²) in [5.74, 6) is 0. The van der Waals surface area contributed by atoms with Crippen LogP contribution in [0, 0.1) is 12.3 Å². The molecule has 1 aliphatic rings. The van der Waals surface area contributed by atoms with Crippen LogP contribution in [0.2, 0.25) is 0 Å². The molecule has 0 heteroatoms. The summed E-state index contributed by atoms with van der Waals surface area (Å²) in [6, 6.07) is 16.1. The zero-order valence-corrected chi connectivity index (χ0v) is 20.7. The van der Waals surface area contributed by atoms with Gasteiger partial charge >= 0.3 is 0 Å². The van der Waals surface area contributed by atoms with Crippen LogP contribution in [-0.2, 0) is 12.8 Å². The standard InChI is InChI=1S/C23H28.C7H16/c1-4-8-19(9-5-2)23-21-11-7-6-10-18(21)13-14-20-16-17(3)12-15-22(20)23;1-5-7(3,4)6-2/h6-7,10-12,15-16H,4-5,8-9,13-14H2,1-3H3;5-6H2,1-4H3. The van der Waals surface area contributed by atoms with Crippen molar-refractivity contribution in [2.75, 3.05) is 0 Å². The molecular weight excluding hydrogens is 360 g/mol. The van der Waals surface area contributed by atoms with Gasteiger partial charge in [-0.25, -0.2) is 0 Å². The van der Waals surface area contributed by atoms with Gasteiger partial charge < -0.3 is 0 Å². The molecule has 0 amide bonds. The Morgan fingerprint density at radius 1 is 0.767 bits per heavy atom. The number of aryl methyl sites for hydroxylation is 3. The van der Waals surface area contributed by atoms with Gasteiger partial charge in [0.05, 0.1) is 0 Å². The van der Waals surface area contributed by atoms with Crippen molar-refractivity contribution in [3.8, 4) is 0 Å². The van der Waals surface area contributed by atoms with Crippen LogP contribution in [0.15, 0.2) is 48.0 Å². The predicted molar refractivity (Wildman–Crippen MR) is 135 cm³/mol. The summed E-state index contributed by atoms with van der Waals surface area (Å²) >= 11 is 0. The summed E-state index contributed by atoms with van der Waals surface area (Å²) in [4.78, 5) is 0. The highest BCUT2D eigenvalue weighted by Crippen LogP contribution is 2.38. The van der Waals surface area contributed by atoms with Crippen molar-refractivity contribution >= 4 is 5.57 Å². The van der Waals surface area contributed by atoms with E-state index in [0.717, 1.165) is 12.8 Å².